The van der Waals surface area contributed by atoms with E-state index in [4.69, 9.17) is 5.11 Å². The number of unbranched alkanes of at least 4 members (excludes halogenated alkanes) is 1. The zero-order valence-electron chi connectivity index (χ0n) is 9.81. The summed E-state index contributed by atoms with van der Waals surface area (Å²) in [4.78, 5) is 11.0. The van der Waals surface area contributed by atoms with Gasteiger partial charge in [-0.15, -0.1) is 0 Å². The summed E-state index contributed by atoms with van der Waals surface area (Å²) in [5, 5.41) is 16.1. The van der Waals surface area contributed by atoms with Crippen LogP contribution in [0.3, 0.4) is 0 Å². The largest absolute Gasteiger partial charge is 0.480 e. The highest BCUT2D eigenvalue weighted by Crippen LogP contribution is 2.03. The lowest BCUT2D eigenvalue weighted by Gasteiger charge is -2.13. The van der Waals surface area contributed by atoms with Crippen LogP contribution in [-0.2, 0) is 18.4 Å². The lowest BCUT2D eigenvalue weighted by Crippen LogP contribution is -2.36. The summed E-state index contributed by atoms with van der Waals surface area (Å²) in [6, 6.07) is 1.42. The van der Waals surface area contributed by atoms with Crippen molar-refractivity contribution < 1.29 is 9.90 Å². The SMILES string of the molecule is CCCCC(NCc1ccnn1C)C(=O)O. The van der Waals surface area contributed by atoms with Crippen molar-refractivity contribution in [2.24, 2.45) is 7.05 Å². The van der Waals surface area contributed by atoms with E-state index in [1.165, 1.54) is 0 Å². The first-order chi connectivity index (χ1) is 7.65. The molecule has 2 N–H and O–H groups in total. The van der Waals surface area contributed by atoms with E-state index in [0.717, 1.165) is 18.5 Å². The van der Waals surface area contributed by atoms with Crippen LogP contribution in [0.4, 0.5) is 0 Å². The molecular weight excluding hydrogens is 206 g/mol. The fraction of sp³-hybridized carbons (Fsp3) is 0.636. The molecule has 0 fully saturated rings. The smallest absolute Gasteiger partial charge is 0.320 e. The third-order valence-electron chi connectivity index (χ3n) is 2.60. The molecule has 0 radical (unpaired) electrons. The van der Waals surface area contributed by atoms with Crippen LogP contribution in [0.2, 0.25) is 0 Å². The highest BCUT2D eigenvalue weighted by atomic mass is 16.4. The van der Waals surface area contributed by atoms with Crippen LogP contribution >= 0.6 is 0 Å². The number of carboxylic acids is 1. The first-order valence-corrected chi connectivity index (χ1v) is 5.58. The van der Waals surface area contributed by atoms with Crippen molar-refractivity contribution in [1.29, 1.82) is 0 Å². The summed E-state index contributed by atoms with van der Waals surface area (Å²) in [5.74, 6) is -0.782. The average molecular weight is 225 g/mol. The molecule has 1 atom stereocenters. The van der Waals surface area contributed by atoms with E-state index in [9.17, 15) is 4.79 Å². The maximum Gasteiger partial charge on any atom is 0.320 e. The molecule has 0 aliphatic carbocycles. The second-order valence-electron chi connectivity index (χ2n) is 3.86. The Morgan fingerprint density at radius 1 is 1.69 bits per heavy atom. The van der Waals surface area contributed by atoms with Crippen LogP contribution in [0, 0.1) is 0 Å². The van der Waals surface area contributed by atoms with Gasteiger partial charge in [-0.2, -0.15) is 5.10 Å². The molecule has 0 spiro atoms. The van der Waals surface area contributed by atoms with Crippen molar-refractivity contribution in [3.63, 3.8) is 0 Å². The molecule has 0 amide bonds. The van der Waals surface area contributed by atoms with Gasteiger partial charge in [0.2, 0.25) is 0 Å². The summed E-state index contributed by atoms with van der Waals surface area (Å²) in [5.41, 5.74) is 0.989. The number of hydrogen-bond donors (Lipinski definition) is 2. The van der Waals surface area contributed by atoms with E-state index in [-0.39, 0.29) is 0 Å². The summed E-state index contributed by atoms with van der Waals surface area (Å²) in [7, 11) is 1.85. The molecule has 0 bridgehead atoms. The van der Waals surface area contributed by atoms with Gasteiger partial charge in [-0.3, -0.25) is 14.8 Å². The third-order valence-corrected chi connectivity index (χ3v) is 2.60. The van der Waals surface area contributed by atoms with E-state index in [1.807, 2.05) is 13.1 Å². The molecule has 1 rings (SSSR count). The molecule has 1 aromatic rings. The van der Waals surface area contributed by atoms with Gasteiger partial charge < -0.3 is 5.11 Å². The Labute approximate surface area is 95.5 Å². The Morgan fingerprint density at radius 3 is 2.94 bits per heavy atom. The number of nitrogens with one attached hydrogen (secondary N) is 1. The van der Waals surface area contributed by atoms with E-state index < -0.39 is 12.0 Å². The number of aromatic nitrogens is 2. The van der Waals surface area contributed by atoms with Crippen LogP contribution in [0.5, 0.6) is 0 Å². The number of aryl methyl sites for hydroxylation is 1. The van der Waals surface area contributed by atoms with E-state index >= 15 is 0 Å². The highest BCUT2D eigenvalue weighted by molar-refractivity contribution is 5.73. The zero-order valence-corrected chi connectivity index (χ0v) is 9.81. The molecule has 1 heterocycles. The van der Waals surface area contributed by atoms with Gasteiger partial charge in [-0.05, 0) is 12.5 Å². The van der Waals surface area contributed by atoms with Gasteiger partial charge in [0, 0.05) is 19.8 Å². The van der Waals surface area contributed by atoms with Crippen molar-refractivity contribution in [2.75, 3.05) is 0 Å². The van der Waals surface area contributed by atoms with Gasteiger partial charge in [0.25, 0.3) is 0 Å². The number of aliphatic carboxylic acids is 1. The number of carboxylic acid groups (broad SMARTS) is 1. The maximum absolute atomic E-state index is 11.0. The molecule has 1 unspecified atom stereocenters. The first-order valence-electron chi connectivity index (χ1n) is 5.58. The van der Waals surface area contributed by atoms with Crippen molar-refractivity contribution in [3.05, 3.63) is 18.0 Å². The number of carbonyl (C=O) groups is 1. The Balaban J connectivity index is 2.44. The van der Waals surface area contributed by atoms with Crippen LogP contribution in [-0.4, -0.2) is 26.9 Å². The number of nitrogens with zero attached hydrogens (tertiary/aromatic N) is 2. The van der Waals surface area contributed by atoms with Gasteiger partial charge in [0.1, 0.15) is 6.04 Å². The van der Waals surface area contributed by atoms with Crippen molar-refractivity contribution in [3.8, 4) is 0 Å². The number of hydrogen-bond acceptors (Lipinski definition) is 3. The molecular formula is C11H19N3O2. The van der Waals surface area contributed by atoms with Gasteiger partial charge in [0.15, 0.2) is 0 Å². The molecule has 16 heavy (non-hydrogen) atoms. The lowest BCUT2D eigenvalue weighted by molar-refractivity contribution is -0.139. The minimum Gasteiger partial charge on any atom is -0.480 e. The van der Waals surface area contributed by atoms with Crippen molar-refractivity contribution in [2.45, 2.75) is 38.8 Å². The van der Waals surface area contributed by atoms with Crippen LogP contribution in [0.25, 0.3) is 0 Å². The average Bonchev–Trinajstić information content (AvgIpc) is 2.64. The van der Waals surface area contributed by atoms with E-state index in [1.54, 1.807) is 10.9 Å². The molecule has 0 saturated heterocycles. The Bertz CT molecular complexity index is 336. The minimum absolute atomic E-state index is 0.463. The van der Waals surface area contributed by atoms with E-state index in [2.05, 4.69) is 17.3 Å². The summed E-state index contributed by atoms with van der Waals surface area (Å²) in [6.07, 6.45) is 4.31. The highest BCUT2D eigenvalue weighted by Gasteiger charge is 2.16. The Hall–Kier alpha value is -1.36. The molecule has 5 nitrogen and oxygen atoms in total. The quantitative estimate of drug-likeness (QED) is 0.730. The Kier molecular flexibility index (Phi) is 4.98. The van der Waals surface area contributed by atoms with Crippen LogP contribution < -0.4 is 5.32 Å². The fourth-order valence-corrected chi connectivity index (χ4v) is 1.52. The first kappa shape index (κ1) is 12.7. The van der Waals surface area contributed by atoms with Gasteiger partial charge in [-0.25, -0.2) is 0 Å². The summed E-state index contributed by atoms with van der Waals surface area (Å²) >= 11 is 0. The summed E-state index contributed by atoms with van der Waals surface area (Å²) in [6.45, 7) is 2.59. The second-order valence-corrected chi connectivity index (χ2v) is 3.86. The predicted molar refractivity (Wildman–Crippen MR) is 61.0 cm³/mol. The van der Waals surface area contributed by atoms with Gasteiger partial charge >= 0.3 is 5.97 Å². The zero-order chi connectivity index (χ0) is 12.0. The van der Waals surface area contributed by atoms with Crippen molar-refractivity contribution in [1.82, 2.24) is 15.1 Å². The molecule has 1 aromatic heterocycles. The Morgan fingerprint density at radius 2 is 2.44 bits per heavy atom. The molecule has 5 heteroatoms. The van der Waals surface area contributed by atoms with Crippen molar-refractivity contribution >= 4 is 5.97 Å². The van der Waals surface area contributed by atoms with E-state index in [0.29, 0.717) is 13.0 Å². The monoisotopic (exact) mass is 225 g/mol. The van der Waals surface area contributed by atoms with Crippen LogP contribution in [0.15, 0.2) is 12.3 Å². The summed E-state index contributed by atoms with van der Waals surface area (Å²) < 4.78 is 1.74. The van der Waals surface area contributed by atoms with Gasteiger partial charge in [-0.1, -0.05) is 19.8 Å². The maximum atomic E-state index is 11.0. The molecule has 0 aromatic carbocycles. The molecule has 0 aliphatic rings. The molecule has 0 saturated carbocycles. The standard InChI is InChI=1S/C11H19N3O2/c1-3-4-5-10(11(15)16)12-8-9-6-7-13-14(9)2/h6-7,10,12H,3-5,8H2,1-2H3,(H,15,16). The number of rotatable bonds is 7. The minimum atomic E-state index is -0.782. The fourth-order valence-electron chi connectivity index (χ4n) is 1.52. The third kappa shape index (κ3) is 3.66. The van der Waals surface area contributed by atoms with Crippen LogP contribution in [0.1, 0.15) is 31.9 Å². The molecule has 90 valence electrons. The topological polar surface area (TPSA) is 67.2 Å². The lowest BCUT2D eigenvalue weighted by atomic mass is 10.1. The normalized spacial score (nSPS) is 12.6. The predicted octanol–water partition coefficient (Wildman–Crippen LogP) is 1.15. The second kappa shape index (κ2) is 6.27. The van der Waals surface area contributed by atoms with Gasteiger partial charge in [0.05, 0.1) is 5.69 Å². The molecule has 0 aliphatic heterocycles.